The number of thiophene rings is 1. The molecule has 1 aliphatic heterocycles. The quantitative estimate of drug-likeness (QED) is 0.621. The zero-order valence-corrected chi connectivity index (χ0v) is 18.3. The van der Waals surface area contributed by atoms with Crippen LogP contribution in [0, 0.1) is 19.7 Å². The van der Waals surface area contributed by atoms with Crippen molar-refractivity contribution < 1.29 is 9.13 Å². The largest absolute Gasteiger partial charge is 0.496 e. The van der Waals surface area contributed by atoms with Crippen LogP contribution in [0.5, 0.6) is 5.75 Å². The van der Waals surface area contributed by atoms with Crippen LogP contribution in [0.25, 0.3) is 10.2 Å². The molecule has 154 valence electrons. The molecule has 5 nitrogen and oxygen atoms in total. The summed E-state index contributed by atoms with van der Waals surface area (Å²) in [5.74, 6) is 2.49. The molecule has 0 amide bonds. The van der Waals surface area contributed by atoms with Crippen LogP contribution in [-0.2, 0) is 13.0 Å². The highest BCUT2D eigenvalue weighted by Gasteiger charge is 2.23. The van der Waals surface area contributed by atoms with Crippen LogP contribution >= 0.6 is 11.3 Å². The first kappa shape index (κ1) is 20.0. The van der Waals surface area contributed by atoms with Crippen molar-refractivity contribution in [2.45, 2.75) is 33.7 Å². The van der Waals surface area contributed by atoms with Gasteiger partial charge in [0.1, 0.15) is 28.0 Å². The summed E-state index contributed by atoms with van der Waals surface area (Å²) >= 11 is 1.76. The van der Waals surface area contributed by atoms with Gasteiger partial charge in [-0.15, -0.1) is 11.3 Å². The second-order valence-electron chi connectivity index (χ2n) is 7.50. The second-order valence-corrected chi connectivity index (χ2v) is 8.70. The van der Waals surface area contributed by atoms with Crippen molar-refractivity contribution in [1.29, 1.82) is 0 Å². The fraction of sp³-hybridized carbons (Fsp3) is 0.455. The van der Waals surface area contributed by atoms with E-state index in [0.717, 1.165) is 60.4 Å². The van der Waals surface area contributed by atoms with Crippen molar-refractivity contribution >= 4 is 27.4 Å². The number of methoxy groups -OCH3 is 1. The summed E-state index contributed by atoms with van der Waals surface area (Å²) in [7, 11) is 1.63. The first-order valence-corrected chi connectivity index (χ1v) is 10.9. The molecule has 4 rings (SSSR count). The van der Waals surface area contributed by atoms with E-state index in [2.05, 4.69) is 30.6 Å². The monoisotopic (exact) mass is 414 g/mol. The molecule has 29 heavy (non-hydrogen) atoms. The predicted molar refractivity (Wildman–Crippen MR) is 117 cm³/mol. The Morgan fingerprint density at radius 1 is 1.14 bits per heavy atom. The number of hydrogen-bond acceptors (Lipinski definition) is 6. The zero-order chi connectivity index (χ0) is 20.5. The number of ether oxygens (including phenoxy) is 1. The number of nitrogens with zero attached hydrogens (tertiary/aromatic N) is 4. The summed E-state index contributed by atoms with van der Waals surface area (Å²) in [5.41, 5.74) is 2.18. The van der Waals surface area contributed by atoms with Gasteiger partial charge in [-0.1, -0.05) is 6.92 Å². The predicted octanol–water partition coefficient (Wildman–Crippen LogP) is 4.34. The maximum atomic E-state index is 13.7. The molecule has 7 heteroatoms. The fourth-order valence-corrected chi connectivity index (χ4v) is 4.93. The van der Waals surface area contributed by atoms with Crippen molar-refractivity contribution in [3.05, 3.63) is 45.8 Å². The van der Waals surface area contributed by atoms with E-state index in [1.165, 1.54) is 21.9 Å². The lowest BCUT2D eigenvalue weighted by atomic mass is 10.1. The Morgan fingerprint density at radius 3 is 2.59 bits per heavy atom. The average Bonchev–Trinajstić information content (AvgIpc) is 3.02. The molecular formula is C22H27FN4OS. The molecule has 3 aromatic rings. The third-order valence-electron chi connectivity index (χ3n) is 5.68. The van der Waals surface area contributed by atoms with Gasteiger partial charge in [0.15, 0.2) is 0 Å². The Morgan fingerprint density at radius 2 is 1.90 bits per heavy atom. The van der Waals surface area contributed by atoms with E-state index in [4.69, 9.17) is 14.7 Å². The number of fused-ring (bicyclic) bond motifs is 1. The molecule has 1 fully saturated rings. The molecule has 0 aliphatic carbocycles. The van der Waals surface area contributed by atoms with E-state index in [0.29, 0.717) is 6.54 Å². The summed E-state index contributed by atoms with van der Waals surface area (Å²) in [6.07, 6.45) is 0.832. The van der Waals surface area contributed by atoms with Gasteiger partial charge in [-0.05, 0) is 37.6 Å². The van der Waals surface area contributed by atoms with Gasteiger partial charge in [-0.3, -0.25) is 4.90 Å². The molecule has 0 radical (unpaired) electrons. The Labute approximate surface area is 175 Å². The number of piperazine rings is 1. The summed E-state index contributed by atoms with van der Waals surface area (Å²) in [4.78, 5) is 16.8. The van der Waals surface area contributed by atoms with Crippen LogP contribution in [0.15, 0.2) is 18.2 Å². The van der Waals surface area contributed by atoms with Gasteiger partial charge in [0.25, 0.3) is 0 Å². The molecule has 2 aromatic heterocycles. The second kappa shape index (κ2) is 8.24. The third-order valence-corrected chi connectivity index (χ3v) is 6.78. The molecule has 0 saturated carbocycles. The van der Waals surface area contributed by atoms with E-state index in [1.54, 1.807) is 30.6 Å². The number of halogens is 1. The van der Waals surface area contributed by atoms with E-state index in [9.17, 15) is 4.39 Å². The van der Waals surface area contributed by atoms with Crippen molar-refractivity contribution in [3.63, 3.8) is 0 Å². The first-order chi connectivity index (χ1) is 14.0. The lowest BCUT2D eigenvalue weighted by Crippen LogP contribution is -2.46. The van der Waals surface area contributed by atoms with Gasteiger partial charge in [0.2, 0.25) is 0 Å². The number of benzene rings is 1. The van der Waals surface area contributed by atoms with E-state index >= 15 is 0 Å². The minimum absolute atomic E-state index is 0.224. The van der Waals surface area contributed by atoms with Crippen LogP contribution in [0.2, 0.25) is 0 Å². The zero-order valence-electron chi connectivity index (χ0n) is 17.5. The summed E-state index contributed by atoms with van der Waals surface area (Å²) in [6, 6.07) is 4.72. The van der Waals surface area contributed by atoms with Gasteiger partial charge in [-0.25, -0.2) is 14.4 Å². The maximum absolute atomic E-state index is 13.7. The Hall–Kier alpha value is -2.25. The van der Waals surface area contributed by atoms with E-state index in [-0.39, 0.29) is 5.82 Å². The van der Waals surface area contributed by atoms with Crippen molar-refractivity contribution in [2.24, 2.45) is 0 Å². The van der Waals surface area contributed by atoms with Crippen LogP contribution < -0.4 is 9.64 Å². The van der Waals surface area contributed by atoms with Gasteiger partial charge in [-0.2, -0.15) is 0 Å². The van der Waals surface area contributed by atoms with E-state index in [1.807, 2.05) is 0 Å². The highest BCUT2D eigenvalue weighted by molar-refractivity contribution is 7.18. The van der Waals surface area contributed by atoms with E-state index < -0.39 is 0 Å². The molecule has 1 aromatic carbocycles. The normalized spacial score (nSPS) is 15.3. The van der Waals surface area contributed by atoms with Gasteiger partial charge < -0.3 is 9.64 Å². The molecular weight excluding hydrogens is 387 g/mol. The minimum atomic E-state index is -0.224. The lowest BCUT2D eigenvalue weighted by molar-refractivity contribution is 0.245. The molecule has 0 atom stereocenters. The Balaban J connectivity index is 1.54. The average molecular weight is 415 g/mol. The molecule has 1 saturated heterocycles. The summed E-state index contributed by atoms with van der Waals surface area (Å²) < 4.78 is 19.1. The topological polar surface area (TPSA) is 41.5 Å². The van der Waals surface area contributed by atoms with Crippen molar-refractivity contribution in [2.75, 3.05) is 38.2 Å². The highest BCUT2D eigenvalue weighted by atomic mass is 32.1. The van der Waals surface area contributed by atoms with Crippen molar-refractivity contribution in [3.8, 4) is 5.75 Å². The maximum Gasteiger partial charge on any atom is 0.141 e. The molecule has 1 aliphatic rings. The van der Waals surface area contributed by atoms with Gasteiger partial charge in [0.05, 0.1) is 12.5 Å². The number of anilines is 1. The molecule has 3 heterocycles. The highest BCUT2D eigenvalue weighted by Crippen LogP contribution is 2.35. The van der Waals surface area contributed by atoms with Crippen molar-refractivity contribution in [1.82, 2.24) is 14.9 Å². The molecule has 0 bridgehead atoms. The summed E-state index contributed by atoms with van der Waals surface area (Å²) in [5, 5.41) is 1.20. The minimum Gasteiger partial charge on any atom is -0.496 e. The smallest absolute Gasteiger partial charge is 0.141 e. The van der Waals surface area contributed by atoms with Crippen LogP contribution in [0.3, 0.4) is 0 Å². The van der Waals surface area contributed by atoms with Crippen LogP contribution in [0.1, 0.15) is 28.8 Å². The SMILES string of the molecule is CCc1nc(N2CCN(Cc3cc(F)ccc3OC)CC2)c2c(C)c(C)sc2n1. The summed E-state index contributed by atoms with van der Waals surface area (Å²) in [6.45, 7) is 10.7. The Kier molecular flexibility index (Phi) is 5.69. The number of hydrogen-bond donors (Lipinski definition) is 0. The Bertz CT molecular complexity index is 1030. The van der Waals surface area contributed by atoms with Gasteiger partial charge >= 0.3 is 0 Å². The lowest BCUT2D eigenvalue weighted by Gasteiger charge is -2.36. The molecule has 0 spiro atoms. The molecule has 0 unspecified atom stereocenters. The standard InChI is InChI=1S/C22H27FN4OS/c1-5-19-24-21(20-14(2)15(3)29-22(20)25-19)27-10-8-26(9-11-27)13-16-12-17(23)6-7-18(16)28-4/h6-7,12H,5,8-11,13H2,1-4H3. The number of aromatic nitrogens is 2. The van der Waals surface area contributed by atoms with Gasteiger partial charge in [0, 0.05) is 49.6 Å². The fourth-order valence-electron chi connectivity index (χ4n) is 3.89. The van der Waals surface area contributed by atoms with Crippen LogP contribution in [0.4, 0.5) is 10.2 Å². The number of rotatable bonds is 5. The van der Waals surface area contributed by atoms with Crippen LogP contribution in [-0.4, -0.2) is 48.2 Å². The number of aryl methyl sites for hydroxylation is 3. The first-order valence-electron chi connectivity index (χ1n) is 10.1. The molecule has 0 N–H and O–H groups in total. The third kappa shape index (κ3) is 3.94.